The maximum absolute atomic E-state index is 6.07. The van der Waals surface area contributed by atoms with Gasteiger partial charge in [0.2, 0.25) is 0 Å². The second-order valence-electron chi connectivity index (χ2n) is 3.33. The average Bonchev–Trinajstić information content (AvgIpc) is 2.76. The molecule has 3 heteroatoms. The molecule has 74 valence electrons. The van der Waals surface area contributed by atoms with E-state index in [0.29, 0.717) is 0 Å². The van der Waals surface area contributed by atoms with E-state index in [0.717, 1.165) is 12.8 Å². The largest absolute Gasteiger partial charge is 0.327 e. The lowest BCUT2D eigenvalue weighted by atomic mass is 10.1. The number of hydrogen-bond acceptors (Lipinski definition) is 3. The first-order valence-electron chi connectivity index (χ1n) is 4.65. The molecule has 2 N–H and O–H groups in total. The van der Waals surface area contributed by atoms with E-state index in [9.17, 15) is 0 Å². The zero-order chi connectivity index (χ0) is 9.80. The van der Waals surface area contributed by atoms with Crippen LogP contribution in [-0.4, -0.2) is 6.04 Å². The molecule has 0 atom stereocenters. The molecule has 0 aliphatic heterocycles. The Morgan fingerprint density at radius 1 is 1.00 bits per heavy atom. The van der Waals surface area contributed by atoms with Crippen LogP contribution in [0.1, 0.15) is 9.75 Å². The van der Waals surface area contributed by atoms with E-state index in [1.807, 2.05) is 0 Å². The Morgan fingerprint density at radius 3 is 1.86 bits per heavy atom. The average molecular weight is 223 g/mol. The number of hydrogen-bond donors (Lipinski definition) is 1. The molecule has 0 aliphatic rings. The van der Waals surface area contributed by atoms with E-state index in [2.05, 4.69) is 35.0 Å². The fraction of sp³-hybridized carbons (Fsp3) is 0.273. The van der Waals surface area contributed by atoms with Gasteiger partial charge in [0, 0.05) is 15.8 Å². The molecule has 0 aromatic carbocycles. The molecular formula is C11H13NS2. The number of nitrogens with two attached hydrogens (primary N) is 1. The van der Waals surface area contributed by atoms with Crippen LogP contribution in [0.5, 0.6) is 0 Å². The van der Waals surface area contributed by atoms with Gasteiger partial charge in [-0.05, 0) is 35.7 Å². The fourth-order valence-corrected chi connectivity index (χ4v) is 3.05. The second-order valence-corrected chi connectivity index (χ2v) is 5.39. The van der Waals surface area contributed by atoms with Crippen molar-refractivity contribution in [2.24, 2.45) is 5.73 Å². The van der Waals surface area contributed by atoms with Gasteiger partial charge in [0.1, 0.15) is 0 Å². The Balaban J connectivity index is 1.88. The molecule has 0 bridgehead atoms. The summed E-state index contributed by atoms with van der Waals surface area (Å²) in [6.45, 7) is 0. The Labute approximate surface area is 92.2 Å². The van der Waals surface area contributed by atoms with E-state index in [-0.39, 0.29) is 6.04 Å². The summed E-state index contributed by atoms with van der Waals surface area (Å²) in [5.74, 6) is 0. The van der Waals surface area contributed by atoms with Crippen molar-refractivity contribution < 1.29 is 0 Å². The monoisotopic (exact) mass is 223 g/mol. The summed E-state index contributed by atoms with van der Waals surface area (Å²) in [6, 6.07) is 8.72. The highest BCUT2D eigenvalue weighted by atomic mass is 32.1. The molecule has 14 heavy (non-hydrogen) atoms. The Morgan fingerprint density at radius 2 is 1.50 bits per heavy atom. The minimum absolute atomic E-state index is 0.257. The van der Waals surface area contributed by atoms with E-state index < -0.39 is 0 Å². The van der Waals surface area contributed by atoms with Gasteiger partial charge in [0.05, 0.1) is 0 Å². The lowest BCUT2D eigenvalue weighted by Gasteiger charge is -2.08. The summed E-state index contributed by atoms with van der Waals surface area (Å²) in [4.78, 5) is 2.77. The smallest absolute Gasteiger partial charge is 0.0136 e. The van der Waals surface area contributed by atoms with Gasteiger partial charge in [-0.25, -0.2) is 0 Å². The van der Waals surface area contributed by atoms with Crippen LogP contribution in [0.3, 0.4) is 0 Å². The predicted molar refractivity (Wildman–Crippen MR) is 64.0 cm³/mol. The molecule has 0 saturated carbocycles. The first-order chi connectivity index (χ1) is 6.84. The Kier molecular flexibility index (Phi) is 3.35. The zero-order valence-corrected chi connectivity index (χ0v) is 9.48. The third-order valence-electron chi connectivity index (χ3n) is 2.09. The summed E-state index contributed by atoms with van der Waals surface area (Å²) in [5, 5.41) is 4.21. The van der Waals surface area contributed by atoms with Crippen LogP contribution in [-0.2, 0) is 12.8 Å². The molecule has 1 nitrogen and oxygen atoms in total. The van der Waals surface area contributed by atoms with Crippen molar-refractivity contribution >= 4 is 22.7 Å². The molecule has 0 amide bonds. The van der Waals surface area contributed by atoms with Gasteiger partial charge in [-0.1, -0.05) is 12.1 Å². The van der Waals surface area contributed by atoms with Crippen LogP contribution in [0.2, 0.25) is 0 Å². The van der Waals surface area contributed by atoms with Crippen molar-refractivity contribution in [3.63, 3.8) is 0 Å². The first-order valence-corrected chi connectivity index (χ1v) is 6.41. The van der Waals surface area contributed by atoms with Crippen LogP contribution in [0.4, 0.5) is 0 Å². The van der Waals surface area contributed by atoms with Gasteiger partial charge in [0.15, 0.2) is 0 Å². The van der Waals surface area contributed by atoms with Crippen molar-refractivity contribution in [2.45, 2.75) is 18.9 Å². The van der Waals surface area contributed by atoms with Crippen molar-refractivity contribution in [1.29, 1.82) is 0 Å². The number of thiophene rings is 2. The van der Waals surface area contributed by atoms with Gasteiger partial charge in [-0.2, -0.15) is 0 Å². The van der Waals surface area contributed by atoms with Gasteiger partial charge >= 0.3 is 0 Å². The topological polar surface area (TPSA) is 26.0 Å². The van der Waals surface area contributed by atoms with E-state index in [4.69, 9.17) is 5.73 Å². The highest BCUT2D eigenvalue weighted by molar-refractivity contribution is 7.10. The number of rotatable bonds is 4. The minimum atomic E-state index is 0.257. The quantitative estimate of drug-likeness (QED) is 0.847. The van der Waals surface area contributed by atoms with E-state index in [1.54, 1.807) is 22.7 Å². The Bertz CT molecular complexity index is 314. The summed E-state index contributed by atoms with van der Waals surface area (Å²) in [7, 11) is 0. The molecule has 0 aliphatic carbocycles. The molecule has 2 rings (SSSR count). The van der Waals surface area contributed by atoms with E-state index >= 15 is 0 Å². The van der Waals surface area contributed by atoms with Crippen molar-refractivity contribution in [3.8, 4) is 0 Å². The van der Waals surface area contributed by atoms with E-state index in [1.165, 1.54) is 9.75 Å². The molecule has 0 saturated heterocycles. The molecular weight excluding hydrogens is 210 g/mol. The molecule has 0 fully saturated rings. The summed E-state index contributed by atoms with van der Waals surface area (Å²) in [6.07, 6.45) is 1.99. The maximum atomic E-state index is 6.07. The summed E-state index contributed by atoms with van der Waals surface area (Å²) < 4.78 is 0. The van der Waals surface area contributed by atoms with Crippen LogP contribution >= 0.6 is 22.7 Å². The third kappa shape index (κ3) is 2.67. The van der Waals surface area contributed by atoms with Crippen LogP contribution in [0, 0.1) is 0 Å². The highest BCUT2D eigenvalue weighted by Gasteiger charge is 2.06. The zero-order valence-electron chi connectivity index (χ0n) is 7.85. The SMILES string of the molecule is NC(Cc1cccs1)Cc1cccs1. The second kappa shape index (κ2) is 4.73. The molecule has 2 heterocycles. The molecule has 0 unspecified atom stereocenters. The van der Waals surface area contributed by atoms with Gasteiger partial charge in [-0.3, -0.25) is 0 Å². The summed E-state index contributed by atoms with van der Waals surface area (Å²) >= 11 is 3.57. The van der Waals surface area contributed by atoms with Crippen LogP contribution in [0.15, 0.2) is 35.0 Å². The first kappa shape index (κ1) is 9.90. The lowest BCUT2D eigenvalue weighted by Crippen LogP contribution is -2.24. The predicted octanol–water partition coefficient (Wildman–Crippen LogP) is 2.92. The summed E-state index contributed by atoms with van der Waals surface area (Å²) in [5.41, 5.74) is 6.07. The third-order valence-corrected chi connectivity index (χ3v) is 3.88. The Hall–Kier alpha value is -0.640. The van der Waals surface area contributed by atoms with Crippen molar-refractivity contribution in [2.75, 3.05) is 0 Å². The maximum Gasteiger partial charge on any atom is 0.0136 e. The fourth-order valence-electron chi connectivity index (χ4n) is 1.45. The lowest BCUT2D eigenvalue weighted by molar-refractivity contribution is 0.677. The molecule has 0 spiro atoms. The highest BCUT2D eigenvalue weighted by Crippen LogP contribution is 2.15. The van der Waals surface area contributed by atoms with Crippen molar-refractivity contribution in [1.82, 2.24) is 0 Å². The van der Waals surface area contributed by atoms with Gasteiger partial charge in [0.25, 0.3) is 0 Å². The van der Waals surface area contributed by atoms with Gasteiger partial charge < -0.3 is 5.73 Å². The van der Waals surface area contributed by atoms with Crippen molar-refractivity contribution in [3.05, 3.63) is 44.8 Å². The molecule has 2 aromatic heterocycles. The minimum Gasteiger partial charge on any atom is -0.327 e. The van der Waals surface area contributed by atoms with Gasteiger partial charge in [-0.15, -0.1) is 22.7 Å². The standard InChI is InChI=1S/C11H13NS2/c12-9(7-10-3-1-5-13-10)8-11-4-2-6-14-11/h1-6,9H,7-8,12H2. The van der Waals surface area contributed by atoms with Crippen LogP contribution < -0.4 is 5.73 Å². The van der Waals surface area contributed by atoms with Crippen LogP contribution in [0.25, 0.3) is 0 Å². The normalized spacial score (nSPS) is 11.0. The molecule has 2 aromatic rings. The molecule has 0 radical (unpaired) electrons.